The van der Waals surface area contributed by atoms with Crippen LogP contribution < -0.4 is 21.3 Å². The van der Waals surface area contributed by atoms with Gasteiger partial charge in [0.1, 0.15) is 11.6 Å². The predicted molar refractivity (Wildman–Crippen MR) is 134 cm³/mol. The van der Waals surface area contributed by atoms with Crippen LogP contribution in [0.1, 0.15) is 15.9 Å². The number of para-hydroxylation sites is 2. The summed E-state index contributed by atoms with van der Waals surface area (Å²) in [5, 5.41) is 0. The average molecular weight is 472 g/mol. The van der Waals surface area contributed by atoms with Crippen molar-refractivity contribution in [2.45, 2.75) is 6.92 Å². The van der Waals surface area contributed by atoms with E-state index in [1.807, 2.05) is 19.1 Å². The van der Waals surface area contributed by atoms with E-state index in [-0.39, 0.29) is 34.0 Å². The molecule has 0 unspecified atom stereocenters. The zero-order chi connectivity index (χ0) is 25.1. The molecule has 4 N–H and O–H groups in total. The Morgan fingerprint density at radius 1 is 0.743 bits per heavy atom. The molecule has 4 aromatic rings. The van der Waals surface area contributed by atoms with Crippen LogP contribution in [-0.4, -0.2) is 12.3 Å². The molecule has 4 aromatic carbocycles. The fraction of sp³-hybridized carbons (Fsp3) is 0.0370. The van der Waals surface area contributed by atoms with Crippen molar-refractivity contribution in [3.8, 4) is 0 Å². The van der Waals surface area contributed by atoms with Crippen molar-refractivity contribution in [2.24, 2.45) is 0 Å². The summed E-state index contributed by atoms with van der Waals surface area (Å²) in [4.78, 5) is 28.8. The molecule has 6 nitrogen and oxygen atoms in total. The van der Waals surface area contributed by atoms with Gasteiger partial charge in [-0.25, -0.2) is 8.78 Å². The summed E-state index contributed by atoms with van der Waals surface area (Å²) < 4.78 is 27.4. The number of aryl methyl sites for hydroxylation is 1. The van der Waals surface area contributed by atoms with Gasteiger partial charge in [-0.3, -0.25) is 19.4 Å². The number of anilines is 6. The van der Waals surface area contributed by atoms with E-state index in [1.54, 1.807) is 36.4 Å². The number of carbonyl (C=O) groups is 2. The number of halogens is 2. The predicted octanol–water partition coefficient (Wildman–Crippen LogP) is 5.71. The van der Waals surface area contributed by atoms with Gasteiger partial charge in [-0.2, -0.15) is 0 Å². The van der Waals surface area contributed by atoms with Crippen molar-refractivity contribution >= 4 is 46.4 Å². The van der Waals surface area contributed by atoms with Gasteiger partial charge in [0.2, 0.25) is 6.41 Å². The van der Waals surface area contributed by atoms with Crippen molar-refractivity contribution in [1.82, 2.24) is 0 Å². The second kappa shape index (κ2) is 9.64. The van der Waals surface area contributed by atoms with Crippen LogP contribution in [0.25, 0.3) is 0 Å². The quantitative estimate of drug-likeness (QED) is 0.278. The molecule has 0 fully saturated rings. The van der Waals surface area contributed by atoms with Crippen molar-refractivity contribution < 1.29 is 18.4 Å². The summed E-state index contributed by atoms with van der Waals surface area (Å²) in [6, 6.07) is 21.0. The number of nitrogens with zero attached hydrogens (tertiary/aromatic N) is 2. The minimum absolute atomic E-state index is 0.0258. The Bertz CT molecular complexity index is 1420. The molecule has 0 radical (unpaired) electrons. The zero-order valence-corrected chi connectivity index (χ0v) is 18.8. The first-order valence-corrected chi connectivity index (χ1v) is 10.7. The highest BCUT2D eigenvalue weighted by Gasteiger charge is 2.27. The van der Waals surface area contributed by atoms with Crippen LogP contribution in [0.5, 0.6) is 0 Å². The number of carbonyl (C=O) groups excluding carboxylic acids is 2. The molecular formula is C27H22F2N4O2. The molecule has 0 aliphatic heterocycles. The fourth-order valence-electron chi connectivity index (χ4n) is 3.86. The van der Waals surface area contributed by atoms with Gasteiger partial charge in [0.05, 0.1) is 39.7 Å². The lowest BCUT2D eigenvalue weighted by molar-refractivity contribution is -0.106. The number of amides is 2. The van der Waals surface area contributed by atoms with Crippen LogP contribution in [0.2, 0.25) is 0 Å². The molecular weight excluding hydrogens is 450 g/mol. The summed E-state index contributed by atoms with van der Waals surface area (Å²) in [5.41, 5.74) is 14.4. The van der Waals surface area contributed by atoms with E-state index in [2.05, 4.69) is 0 Å². The molecule has 0 aromatic heterocycles. The Balaban J connectivity index is 1.90. The fourth-order valence-corrected chi connectivity index (χ4v) is 3.86. The van der Waals surface area contributed by atoms with E-state index in [0.717, 1.165) is 17.7 Å². The molecule has 0 atom stereocenters. The lowest BCUT2D eigenvalue weighted by Gasteiger charge is -2.28. The number of nitrogens with two attached hydrogens (primary N) is 2. The third-order valence-corrected chi connectivity index (χ3v) is 5.54. The maximum Gasteiger partial charge on any atom is 0.265 e. The summed E-state index contributed by atoms with van der Waals surface area (Å²) in [6.07, 6.45) is 0.500. The van der Waals surface area contributed by atoms with Gasteiger partial charge in [0.15, 0.2) is 0 Å². The summed E-state index contributed by atoms with van der Waals surface area (Å²) in [6.45, 7) is 1.83. The first-order chi connectivity index (χ1) is 16.8. The SMILES string of the molecule is Cc1ccccc1N(C(=O)c1ccccc1N(C=O)c1ccc(F)cc1N)c1ccc(F)cc1N. The second-order valence-electron chi connectivity index (χ2n) is 7.83. The zero-order valence-electron chi connectivity index (χ0n) is 18.8. The molecule has 176 valence electrons. The Morgan fingerprint density at radius 2 is 1.29 bits per heavy atom. The van der Waals surface area contributed by atoms with Crippen molar-refractivity contribution in [3.63, 3.8) is 0 Å². The molecule has 0 aliphatic rings. The van der Waals surface area contributed by atoms with Gasteiger partial charge >= 0.3 is 0 Å². The largest absolute Gasteiger partial charge is 0.397 e. The van der Waals surface area contributed by atoms with Crippen LogP contribution in [0.15, 0.2) is 84.9 Å². The first kappa shape index (κ1) is 23.4. The van der Waals surface area contributed by atoms with Crippen LogP contribution in [0.3, 0.4) is 0 Å². The molecule has 0 spiro atoms. The molecule has 2 amide bonds. The van der Waals surface area contributed by atoms with E-state index >= 15 is 0 Å². The topological polar surface area (TPSA) is 92.7 Å². The van der Waals surface area contributed by atoms with E-state index in [4.69, 9.17) is 11.5 Å². The third-order valence-electron chi connectivity index (χ3n) is 5.54. The molecule has 0 saturated heterocycles. The summed E-state index contributed by atoms with van der Waals surface area (Å²) in [7, 11) is 0. The Labute approximate surface area is 201 Å². The second-order valence-corrected chi connectivity index (χ2v) is 7.83. The summed E-state index contributed by atoms with van der Waals surface area (Å²) in [5.74, 6) is -1.61. The lowest BCUT2D eigenvalue weighted by atomic mass is 10.1. The van der Waals surface area contributed by atoms with E-state index < -0.39 is 17.5 Å². The molecule has 0 aliphatic carbocycles. The van der Waals surface area contributed by atoms with Crippen LogP contribution in [-0.2, 0) is 4.79 Å². The maximum atomic E-state index is 14.1. The number of hydrogen-bond donors (Lipinski definition) is 2. The smallest absolute Gasteiger partial charge is 0.265 e. The van der Waals surface area contributed by atoms with Gasteiger partial charge in [-0.1, -0.05) is 30.3 Å². The molecule has 35 heavy (non-hydrogen) atoms. The monoisotopic (exact) mass is 472 g/mol. The minimum atomic E-state index is -0.557. The highest BCUT2D eigenvalue weighted by atomic mass is 19.1. The molecule has 4 rings (SSSR count). The van der Waals surface area contributed by atoms with Crippen molar-refractivity contribution in [3.05, 3.63) is 108 Å². The standard InChI is InChI=1S/C27H22F2N4O2/c1-17-6-2-4-8-23(17)33(26-13-11-19(29)15-22(26)31)27(35)20-7-3-5-9-24(20)32(16-34)25-12-10-18(28)14-21(25)30/h2-16H,30-31H2,1H3. The Morgan fingerprint density at radius 3 is 1.86 bits per heavy atom. The third kappa shape index (κ3) is 4.54. The van der Waals surface area contributed by atoms with Crippen molar-refractivity contribution in [1.29, 1.82) is 0 Å². The van der Waals surface area contributed by atoms with Crippen LogP contribution in [0, 0.1) is 18.6 Å². The summed E-state index contributed by atoms with van der Waals surface area (Å²) >= 11 is 0. The number of hydrogen-bond acceptors (Lipinski definition) is 4. The normalized spacial score (nSPS) is 10.6. The van der Waals surface area contributed by atoms with E-state index in [1.165, 1.54) is 34.1 Å². The molecule has 8 heteroatoms. The average Bonchev–Trinajstić information content (AvgIpc) is 2.83. The number of rotatable bonds is 6. The maximum absolute atomic E-state index is 14.1. The van der Waals surface area contributed by atoms with E-state index in [9.17, 15) is 18.4 Å². The van der Waals surface area contributed by atoms with Gasteiger partial charge in [0.25, 0.3) is 5.91 Å². The molecule has 0 bridgehead atoms. The van der Waals surface area contributed by atoms with Crippen LogP contribution >= 0.6 is 0 Å². The Kier molecular flexibility index (Phi) is 6.46. The molecule has 0 saturated carbocycles. The number of benzene rings is 4. The van der Waals surface area contributed by atoms with Gasteiger partial charge in [-0.05, 0) is 67.1 Å². The number of nitrogen functional groups attached to an aromatic ring is 2. The van der Waals surface area contributed by atoms with Crippen molar-refractivity contribution in [2.75, 3.05) is 21.3 Å². The van der Waals surface area contributed by atoms with Crippen LogP contribution in [0.4, 0.5) is 42.9 Å². The van der Waals surface area contributed by atoms with E-state index in [0.29, 0.717) is 12.1 Å². The van der Waals surface area contributed by atoms with Gasteiger partial charge in [-0.15, -0.1) is 0 Å². The highest BCUT2D eigenvalue weighted by Crippen LogP contribution is 2.38. The molecule has 0 heterocycles. The van der Waals surface area contributed by atoms with Gasteiger partial charge in [0, 0.05) is 0 Å². The minimum Gasteiger partial charge on any atom is -0.397 e. The van der Waals surface area contributed by atoms with Gasteiger partial charge < -0.3 is 11.5 Å². The Hall–Kier alpha value is -4.72. The lowest BCUT2D eigenvalue weighted by Crippen LogP contribution is -2.29. The highest BCUT2D eigenvalue weighted by molar-refractivity contribution is 6.16. The first-order valence-electron chi connectivity index (χ1n) is 10.7.